The third kappa shape index (κ3) is 6.56. The maximum Gasteiger partial charge on any atom is 0.430 e. The summed E-state index contributed by atoms with van der Waals surface area (Å²) >= 11 is 0. The highest BCUT2D eigenvalue weighted by molar-refractivity contribution is 6.07. The van der Waals surface area contributed by atoms with Crippen molar-refractivity contribution in [3.8, 4) is 17.4 Å². The lowest BCUT2D eigenvalue weighted by atomic mass is 9.90. The van der Waals surface area contributed by atoms with Gasteiger partial charge in [0.15, 0.2) is 0 Å². The SMILES string of the molecule is CCCc1cc(C(O)(C(F)(F)F)C(F)(F)F)ccc1Oc1cccc(CN2C(=O)NC(C)(c3ccc(OC(C)C)cc3)C2=O)n1. The summed E-state index contributed by atoms with van der Waals surface area (Å²) in [6, 6.07) is 12.5. The molecule has 242 valence electrons. The summed E-state index contributed by atoms with van der Waals surface area (Å²) in [5, 5.41) is 12.5. The van der Waals surface area contributed by atoms with Gasteiger partial charge in [-0.25, -0.2) is 9.78 Å². The standard InChI is InChI=1S/C31H31F6N3O5/c1-5-7-19-16-21(29(43,30(32,33)34)31(35,36)37)12-15-24(19)45-25-9-6-8-22(38-25)17-40-26(41)28(4,39-27(40)42)20-10-13-23(14-11-20)44-18(2)3/h6,8-16,18,43H,5,7,17H2,1-4H3,(H,39,42). The fraction of sp³-hybridized carbons (Fsp3) is 0.387. The van der Waals surface area contributed by atoms with Gasteiger partial charge in [0.1, 0.15) is 17.0 Å². The molecule has 3 amide bonds. The van der Waals surface area contributed by atoms with Crippen LogP contribution in [0.4, 0.5) is 31.1 Å². The monoisotopic (exact) mass is 639 g/mol. The Morgan fingerprint density at radius 2 is 1.62 bits per heavy atom. The number of amides is 3. The molecule has 4 rings (SSSR count). The van der Waals surface area contributed by atoms with E-state index in [4.69, 9.17) is 9.47 Å². The Balaban J connectivity index is 1.56. The van der Waals surface area contributed by atoms with Crippen molar-refractivity contribution in [2.24, 2.45) is 0 Å². The molecule has 1 atom stereocenters. The minimum Gasteiger partial charge on any atom is -0.491 e. The van der Waals surface area contributed by atoms with Crippen molar-refractivity contribution in [2.45, 2.75) is 76.7 Å². The van der Waals surface area contributed by atoms with Crippen LogP contribution in [0.2, 0.25) is 0 Å². The molecule has 1 aromatic heterocycles. The van der Waals surface area contributed by atoms with Crippen LogP contribution in [0.15, 0.2) is 60.7 Å². The molecule has 0 radical (unpaired) electrons. The Kier molecular flexibility index (Phi) is 9.11. The molecule has 1 unspecified atom stereocenters. The number of carbonyl (C=O) groups is 2. The second kappa shape index (κ2) is 12.2. The van der Waals surface area contributed by atoms with Crippen LogP contribution in [0.25, 0.3) is 0 Å². The number of hydrogen-bond donors (Lipinski definition) is 2. The van der Waals surface area contributed by atoms with Gasteiger partial charge in [-0.3, -0.25) is 9.69 Å². The van der Waals surface area contributed by atoms with Gasteiger partial charge in [-0.2, -0.15) is 26.3 Å². The molecule has 0 aliphatic carbocycles. The molecule has 45 heavy (non-hydrogen) atoms. The number of aromatic nitrogens is 1. The van der Waals surface area contributed by atoms with E-state index in [1.54, 1.807) is 38.1 Å². The van der Waals surface area contributed by atoms with Crippen LogP contribution in [0, 0.1) is 0 Å². The number of halogens is 6. The minimum absolute atomic E-state index is 0.0243. The summed E-state index contributed by atoms with van der Waals surface area (Å²) in [6.45, 7) is 6.72. The van der Waals surface area contributed by atoms with Crippen molar-refractivity contribution in [2.75, 3.05) is 0 Å². The maximum atomic E-state index is 13.4. The highest BCUT2D eigenvalue weighted by atomic mass is 19.4. The molecular weight excluding hydrogens is 608 g/mol. The van der Waals surface area contributed by atoms with Gasteiger partial charge >= 0.3 is 18.4 Å². The summed E-state index contributed by atoms with van der Waals surface area (Å²) in [7, 11) is 0. The number of nitrogens with zero attached hydrogens (tertiary/aromatic N) is 2. The van der Waals surface area contributed by atoms with Crippen LogP contribution < -0.4 is 14.8 Å². The van der Waals surface area contributed by atoms with Crippen LogP contribution >= 0.6 is 0 Å². The predicted molar refractivity (Wildman–Crippen MR) is 149 cm³/mol. The Labute approximate surface area is 255 Å². The largest absolute Gasteiger partial charge is 0.491 e. The van der Waals surface area contributed by atoms with Crippen LogP contribution in [0.1, 0.15) is 56.5 Å². The van der Waals surface area contributed by atoms with Gasteiger partial charge in [0.05, 0.1) is 18.3 Å². The van der Waals surface area contributed by atoms with Crippen LogP contribution in [0.3, 0.4) is 0 Å². The van der Waals surface area contributed by atoms with Crippen molar-refractivity contribution in [3.05, 3.63) is 83.0 Å². The van der Waals surface area contributed by atoms with Crippen molar-refractivity contribution in [1.82, 2.24) is 15.2 Å². The number of carbonyl (C=O) groups excluding carboxylic acids is 2. The number of imide groups is 1. The third-order valence-electron chi connectivity index (χ3n) is 7.21. The van der Waals surface area contributed by atoms with E-state index in [0.29, 0.717) is 29.9 Å². The summed E-state index contributed by atoms with van der Waals surface area (Å²) in [5.41, 5.74) is -7.13. The fourth-order valence-corrected chi connectivity index (χ4v) is 4.91. The Morgan fingerprint density at radius 3 is 2.20 bits per heavy atom. The molecule has 8 nitrogen and oxygen atoms in total. The zero-order chi connectivity index (χ0) is 33.4. The topological polar surface area (TPSA) is 101 Å². The first-order valence-corrected chi connectivity index (χ1v) is 13.9. The van der Waals surface area contributed by atoms with E-state index < -0.39 is 41.0 Å². The number of ether oxygens (including phenoxy) is 2. The average Bonchev–Trinajstić information content (AvgIpc) is 3.16. The highest BCUT2D eigenvalue weighted by Gasteiger charge is 2.71. The maximum absolute atomic E-state index is 13.4. The summed E-state index contributed by atoms with van der Waals surface area (Å²) in [6.07, 6.45) is -11.8. The van der Waals surface area contributed by atoms with Gasteiger partial charge in [0.2, 0.25) is 5.88 Å². The van der Waals surface area contributed by atoms with Gasteiger partial charge in [0.25, 0.3) is 11.5 Å². The molecule has 2 aromatic carbocycles. The van der Waals surface area contributed by atoms with Crippen molar-refractivity contribution < 1.29 is 50.5 Å². The van der Waals surface area contributed by atoms with E-state index in [9.17, 15) is 41.0 Å². The summed E-state index contributed by atoms with van der Waals surface area (Å²) in [5.74, 6) is -0.111. The van der Waals surface area contributed by atoms with E-state index in [0.717, 1.165) is 11.0 Å². The van der Waals surface area contributed by atoms with Gasteiger partial charge in [0, 0.05) is 11.6 Å². The zero-order valence-electron chi connectivity index (χ0n) is 24.7. The fourth-order valence-electron chi connectivity index (χ4n) is 4.91. The average molecular weight is 640 g/mol. The van der Waals surface area contributed by atoms with Crippen molar-refractivity contribution >= 4 is 11.9 Å². The van der Waals surface area contributed by atoms with Crippen LogP contribution in [-0.2, 0) is 28.9 Å². The molecule has 0 saturated carbocycles. The van der Waals surface area contributed by atoms with Gasteiger partial charge in [-0.15, -0.1) is 0 Å². The van der Waals surface area contributed by atoms with Crippen LogP contribution in [0.5, 0.6) is 17.4 Å². The van der Waals surface area contributed by atoms with E-state index >= 15 is 0 Å². The highest BCUT2D eigenvalue weighted by Crippen LogP contribution is 2.50. The first kappa shape index (κ1) is 33.6. The third-order valence-corrected chi connectivity index (χ3v) is 7.21. The number of aryl methyl sites for hydroxylation is 1. The predicted octanol–water partition coefficient (Wildman–Crippen LogP) is 6.89. The molecule has 3 aromatic rings. The second-order valence-electron chi connectivity index (χ2n) is 11.0. The van der Waals surface area contributed by atoms with Crippen LogP contribution in [-0.4, -0.2) is 45.4 Å². The van der Waals surface area contributed by atoms with E-state index in [1.807, 2.05) is 13.8 Å². The first-order chi connectivity index (χ1) is 20.9. The number of benzene rings is 2. The number of aliphatic hydroxyl groups is 1. The molecule has 2 N–H and O–H groups in total. The van der Waals surface area contributed by atoms with Crippen molar-refractivity contribution in [3.63, 3.8) is 0 Å². The molecule has 1 saturated heterocycles. The molecule has 0 spiro atoms. The summed E-state index contributed by atoms with van der Waals surface area (Å²) in [4.78, 5) is 31.5. The smallest absolute Gasteiger partial charge is 0.430 e. The number of hydrogen-bond acceptors (Lipinski definition) is 6. The van der Waals surface area contributed by atoms with Gasteiger partial charge < -0.3 is 19.9 Å². The quantitative estimate of drug-likeness (QED) is 0.185. The number of alkyl halides is 6. The number of pyridine rings is 1. The minimum atomic E-state index is -6.03. The number of urea groups is 1. The summed E-state index contributed by atoms with van der Waals surface area (Å²) < 4.78 is 92.0. The molecule has 1 aliphatic heterocycles. The normalized spacial score (nSPS) is 17.6. The molecule has 1 aliphatic rings. The van der Waals surface area contributed by atoms with E-state index in [1.165, 1.54) is 18.2 Å². The van der Waals surface area contributed by atoms with E-state index in [2.05, 4.69) is 10.3 Å². The Morgan fingerprint density at radius 1 is 0.978 bits per heavy atom. The lowest BCUT2D eigenvalue weighted by molar-refractivity contribution is -0.376. The van der Waals surface area contributed by atoms with Gasteiger partial charge in [-0.1, -0.05) is 37.6 Å². The lowest BCUT2D eigenvalue weighted by Gasteiger charge is -2.33. The van der Waals surface area contributed by atoms with E-state index in [-0.39, 0.29) is 42.0 Å². The lowest BCUT2D eigenvalue weighted by Crippen LogP contribution is -2.53. The number of rotatable bonds is 10. The Hall–Kier alpha value is -4.33. The van der Waals surface area contributed by atoms with Gasteiger partial charge in [-0.05, 0) is 68.7 Å². The molecule has 0 bridgehead atoms. The van der Waals surface area contributed by atoms with Crippen molar-refractivity contribution in [1.29, 1.82) is 0 Å². The molecule has 2 heterocycles. The molecule has 14 heteroatoms. The molecule has 1 fully saturated rings. The zero-order valence-corrected chi connectivity index (χ0v) is 24.7. The second-order valence-corrected chi connectivity index (χ2v) is 11.0. The Bertz CT molecular complexity index is 1540. The molecular formula is C31H31F6N3O5. The first-order valence-electron chi connectivity index (χ1n) is 13.9. The number of nitrogens with one attached hydrogen (secondary N) is 1.